The number of hydrogen-bond donors (Lipinski definition) is 3. The number of amides is 3. The zero-order chi connectivity index (χ0) is 44.5. The van der Waals surface area contributed by atoms with Crippen LogP contribution in [0.3, 0.4) is 0 Å². The fraction of sp³-hybridized carbons (Fsp3) is 0.224. The van der Waals surface area contributed by atoms with Crippen LogP contribution in [-0.4, -0.2) is 52.6 Å². The third-order valence-corrected chi connectivity index (χ3v) is 11.5. The van der Waals surface area contributed by atoms with E-state index in [0.717, 1.165) is 56.1 Å². The third kappa shape index (κ3) is 11.2. The monoisotopic (exact) mass is 888 g/mol. The molecule has 0 saturated carbocycles. The van der Waals surface area contributed by atoms with E-state index in [-0.39, 0.29) is 31.1 Å². The molecule has 1 aromatic heterocycles. The molecule has 3 amide bonds. The minimum absolute atomic E-state index is 0.204. The van der Waals surface area contributed by atoms with Crippen molar-refractivity contribution >= 4 is 47.3 Å². The number of aryl methyl sites for hydroxylation is 2. The topological polar surface area (TPSA) is 149 Å². The van der Waals surface area contributed by atoms with Crippen molar-refractivity contribution in [2.45, 2.75) is 58.9 Å². The van der Waals surface area contributed by atoms with Gasteiger partial charge in [0.15, 0.2) is 17.6 Å². The van der Waals surface area contributed by atoms with E-state index in [0.29, 0.717) is 65.6 Å². The van der Waals surface area contributed by atoms with Gasteiger partial charge in [-0.15, -0.1) is 0 Å². The molecule has 12 nitrogen and oxygen atoms in total. The van der Waals surface area contributed by atoms with Gasteiger partial charge < -0.3 is 39.6 Å². The fourth-order valence-corrected chi connectivity index (χ4v) is 7.60. The number of urea groups is 1. The number of benzene rings is 5. The Balaban J connectivity index is 0.00000193. The molecule has 5 aromatic carbocycles. The molecule has 0 fully saturated rings. The molecule has 8 rings (SSSR count). The van der Waals surface area contributed by atoms with Crippen molar-refractivity contribution in [3.05, 3.63) is 170 Å². The molecule has 0 radical (unpaired) electrons. The average Bonchev–Trinajstić information content (AvgIpc) is 3.28. The maximum Gasteiger partial charge on any atom is 0.322 e. The Morgan fingerprint density at radius 2 is 1.60 bits per heavy atom. The molecule has 3 N–H and O–H groups in total. The Kier molecular flexibility index (Phi) is 14.3. The van der Waals surface area contributed by atoms with Gasteiger partial charge in [0.25, 0.3) is 6.47 Å². The van der Waals surface area contributed by atoms with Crippen molar-refractivity contribution in [1.29, 1.82) is 0 Å². The van der Waals surface area contributed by atoms with Crippen LogP contribution < -0.4 is 29.6 Å². The van der Waals surface area contributed by atoms with Gasteiger partial charge in [0.1, 0.15) is 36.5 Å². The lowest BCUT2D eigenvalue weighted by atomic mass is 9.92. The Labute approximate surface area is 375 Å². The molecule has 14 heteroatoms. The van der Waals surface area contributed by atoms with E-state index in [9.17, 15) is 9.59 Å². The molecule has 324 valence electrons. The molecule has 2 aliphatic rings. The molecule has 0 aliphatic carbocycles. The van der Waals surface area contributed by atoms with Crippen LogP contribution in [0, 0.1) is 20.8 Å². The first-order valence-electron chi connectivity index (χ1n) is 20.3. The lowest BCUT2D eigenvalue weighted by Crippen LogP contribution is -2.54. The van der Waals surface area contributed by atoms with E-state index >= 15 is 0 Å². The molecule has 6 aromatic rings. The molecule has 0 saturated heterocycles. The summed E-state index contributed by atoms with van der Waals surface area (Å²) in [6.45, 7) is 6.90. The first kappa shape index (κ1) is 44.3. The van der Waals surface area contributed by atoms with Gasteiger partial charge in [0.05, 0.1) is 10.0 Å². The number of ether oxygens (including phenoxy) is 4. The minimum Gasteiger partial charge on any atom is -0.489 e. The van der Waals surface area contributed by atoms with Gasteiger partial charge in [-0.3, -0.25) is 14.6 Å². The van der Waals surface area contributed by atoms with Gasteiger partial charge >= 0.3 is 6.03 Å². The second-order valence-electron chi connectivity index (χ2n) is 15.2. The number of nitrogens with one attached hydrogen (secondary N) is 2. The normalized spacial score (nSPS) is 14.9. The van der Waals surface area contributed by atoms with E-state index in [1.165, 1.54) is 0 Å². The number of carbonyl (C=O) groups excluding carboxylic acids is 2. The lowest BCUT2D eigenvalue weighted by Gasteiger charge is -2.37. The molecule has 3 heterocycles. The zero-order valence-corrected chi connectivity index (χ0v) is 36.4. The highest BCUT2D eigenvalue weighted by molar-refractivity contribution is 6.42. The summed E-state index contributed by atoms with van der Waals surface area (Å²) < 4.78 is 24.8. The number of rotatable bonds is 11. The SMILES string of the molecule is Cc1cccc(NC(=O)N2Cc3cc4c(cc3CC2C(=O)NCCc2ccc(Oc3ccnc(C)c3C)cc2)OCC(c2ccc(OCc3ccc(Cl)c(Cl)c3)cc2)O4)c1.O=CO. The van der Waals surface area contributed by atoms with Crippen LogP contribution >= 0.6 is 23.2 Å². The van der Waals surface area contributed by atoms with Crippen molar-refractivity contribution in [3.8, 4) is 28.7 Å². The molecule has 2 aliphatic heterocycles. The number of pyridine rings is 1. The predicted octanol–water partition coefficient (Wildman–Crippen LogP) is 10.2. The molecule has 0 spiro atoms. The van der Waals surface area contributed by atoms with E-state index in [4.69, 9.17) is 52.1 Å². The first-order valence-corrected chi connectivity index (χ1v) is 21.0. The highest BCUT2D eigenvalue weighted by atomic mass is 35.5. The average molecular weight is 890 g/mol. The zero-order valence-electron chi connectivity index (χ0n) is 34.9. The number of hydrogen-bond acceptors (Lipinski definition) is 8. The van der Waals surface area contributed by atoms with E-state index in [2.05, 4.69) is 15.6 Å². The third-order valence-electron chi connectivity index (χ3n) is 10.8. The van der Waals surface area contributed by atoms with Gasteiger partial charge in [0, 0.05) is 42.7 Å². The Bertz CT molecular complexity index is 2590. The van der Waals surface area contributed by atoms with Crippen LogP contribution in [0.15, 0.2) is 115 Å². The summed E-state index contributed by atoms with van der Waals surface area (Å²) in [7, 11) is 0. The van der Waals surface area contributed by atoms with E-state index in [1.54, 1.807) is 23.2 Å². The number of anilines is 1. The summed E-state index contributed by atoms with van der Waals surface area (Å²) in [5.74, 6) is 3.13. The quantitative estimate of drug-likeness (QED) is 0.108. The van der Waals surface area contributed by atoms with Crippen molar-refractivity contribution in [3.63, 3.8) is 0 Å². The van der Waals surface area contributed by atoms with Gasteiger partial charge in [-0.1, -0.05) is 65.7 Å². The summed E-state index contributed by atoms with van der Waals surface area (Å²) in [5, 5.41) is 14.0. The highest BCUT2D eigenvalue weighted by Gasteiger charge is 2.36. The van der Waals surface area contributed by atoms with Crippen molar-refractivity contribution in [2.24, 2.45) is 0 Å². The molecule has 2 atom stereocenters. The largest absolute Gasteiger partial charge is 0.489 e. The van der Waals surface area contributed by atoms with Crippen molar-refractivity contribution < 1.29 is 38.4 Å². The Morgan fingerprint density at radius 3 is 2.35 bits per heavy atom. The Morgan fingerprint density at radius 1 is 0.873 bits per heavy atom. The van der Waals surface area contributed by atoms with Crippen molar-refractivity contribution in [2.75, 3.05) is 18.5 Å². The van der Waals surface area contributed by atoms with Crippen LogP contribution in [0.5, 0.6) is 28.7 Å². The minimum atomic E-state index is -0.752. The summed E-state index contributed by atoms with van der Waals surface area (Å²) >= 11 is 12.2. The standard InChI is InChI=1S/C48H44Cl2N4O6.CH2O2/c1-29-5-4-6-37(21-29)53-48(56)54-26-36-25-45-44(58-28-46(60-45)34-10-14-38(15-11-34)57-27-33-9-16-40(49)41(50)22-33)24-35(36)23-42(54)47(55)52-19-17-32-7-12-39(13-8-32)59-43-18-20-51-31(3)30(43)2;2-1-3/h4-16,18,20-22,24-25,42,46H,17,19,23,26-28H2,1-3H3,(H,52,55)(H,53,56);1H,(H,2,3). The summed E-state index contributed by atoms with van der Waals surface area (Å²) in [6.07, 6.45) is 2.29. The van der Waals surface area contributed by atoms with Crippen LogP contribution in [0.1, 0.15) is 50.7 Å². The Hall–Kier alpha value is -6.76. The second-order valence-corrected chi connectivity index (χ2v) is 16.0. The number of nitrogens with zero attached hydrogens (tertiary/aromatic N) is 2. The number of carboxylic acid groups (broad SMARTS) is 1. The number of aromatic nitrogens is 1. The molecule has 63 heavy (non-hydrogen) atoms. The second kappa shape index (κ2) is 20.4. The summed E-state index contributed by atoms with van der Waals surface area (Å²) in [5.41, 5.74) is 8.27. The van der Waals surface area contributed by atoms with Gasteiger partial charge in [0.2, 0.25) is 5.91 Å². The number of halogens is 2. The van der Waals surface area contributed by atoms with Gasteiger partial charge in [-0.25, -0.2) is 4.79 Å². The number of fused-ring (bicyclic) bond motifs is 2. The van der Waals surface area contributed by atoms with Crippen LogP contribution in [0.4, 0.5) is 10.5 Å². The van der Waals surface area contributed by atoms with Crippen LogP contribution in [0.25, 0.3) is 0 Å². The highest BCUT2D eigenvalue weighted by Crippen LogP contribution is 2.41. The fourth-order valence-electron chi connectivity index (χ4n) is 7.28. The van der Waals surface area contributed by atoms with Crippen LogP contribution in [0.2, 0.25) is 10.0 Å². The smallest absolute Gasteiger partial charge is 0.322 e. The molecule has 0 bridgehead atoms. The maximum atomic E-state index is 14.0. The maximum absolute atomic E-state index is 14.0. The predicted molar refractivity (Wildman–Crippen MR) is 241 cm³/mol. The first-order chi connectivity index (χ1) is 30.5. The molecular weight excluding hydrogens is 843 g/mol. The van der Waals surface area contributed by atoms with Gasteiger partial charge in [-0.05, 0) is 127 Å². The van der Waals surface area contributed by atoms with Crippen molar-refractivity contribution in [1.82, 2.24) is 15.2 Å². The number of carbonyl (C=O) groups is 3. The van der Waals surface area contributed by atoms with Gasteiger partial charge in [-0.2, -0.15) is 0 Å². The molecular formula is C49H46Cl2N4O8. The molecule has 2 unspecified atom stereocenters. The van der Waals surface area contributed by atoms with E-state index < -0.39 is 6.04 Å². The van der Waals surface area contributed by atoms with E-state index in [1.807, 2.05) is 118 Å². The lowest BCUT2D eigenvalue weighted by molar-refractivity contribution is -0.126. The van der Waals surface area contributed by atoms with Crippen LogP contribution in [-0.2, 0) is 35.6 Å². The summed E-state index contributed by atoms with van der Waals surface area (Å²) in [6, 6.07) is 33.1. The summed E-state index contributed by atoms with van der Waals surface area (Å²) in [4.78, 5) is 42.2.